The van der Waals surface area contributed by atoms with Gasteiger partial charge in [0, 0.05) is 5.92 Å². The van der Waals surface area contributed by atoms with Crippen molar-refractivity contribution in [3.05, 3.63) is 35.9 Å². The summed E-state index contributed by atoms with van der Waals surface area (Å²) >= 11 is 0. The van der Waals surface area contributed by atoms with Crippen molar-refractivity contribution in [3.63, 3.8) is 0 Å². The van der Waals surface area contributed by atoms with Crippen LogP contribution in [0.4, 0.5) is 0 Å². The van der Waals surface area contributed by atoms with Gasteiger partial charge in [0.1, 0.15) is 0 Å². The highest BCUT2D eigenvalue weighted by Gasteiger charge is 2.34. The molecule has 0 radical (unpaired) electrons. The van der Waals surface area contributed by atoms with Crippen molar-refractivity contribution in [2.24, 2.45) is 11.8 Å². The zero-order chi connectivity index (χ0) is 14.4. The van der Waals surface area contributed by atoms with Crippen molar-refractivity contribution in [2.45, 2.75) is 39.7 Å². The van der Waals surface area contributed by atoms with E-state index < -0.39 is 12.0 Å². The Balaban J connectivity index is 2.88. The monoisotopic (exact) mass is 264 g/mol. The Labute approximate surface area is 115 Å². The van der Waals surface area contributed by atoms with Gasteiger partial charge in [-0.1, -0.05) is 51.1 Å². The van der Waals surface area contributed by atoms with Crippen molar-refractivity contribution in [2.75, 3.05) is 6.61 Å². The van der Waals surface area contributed by atoms with Gasteiger partial charge in [0.25, 0.3) is 0 Å². The Kier molecular flexibility index (Phi) is 6.03. The van der Waals surface area contributed by atoms with Crippen LogP contribution in [0.25, 0.3) is 0 Å². The van der Waals surface area contributed by atoms with Crippen LogP contribution in [-0.4, -0.2) is 23.8 Å². The number of carbonyl (C=O) groups excluding carboxylic acids is 1. The molecule has 0 bridgehead atoms. The molecule has 0 aliphatic heterocycles. The fourth-order valence-electron chi connectivity index (χ4n) is 2.31. The third-order valence-corrected chi connectivity index (χ3v) is 3.48. The Bertz CT molecular complexity index is 386. The van der Waals surface area contributed by atoms with Crippen LogP contribution in [0.5, 0.6) is 0 Å². The molecule has 0 spiro atoms. The quantitative estimate of drug-likeness (QED) is 0.803. The summed E-state index contributed by atoms with van der Waals surface area (Å²) in [5.41, 5.74) is 1.03. The Morgan fingerprint density at radius 1 is 1.21 bits per heavy atom. The van der Waals surface area contributed by atoms with Crippen LogP contribution in [-0.2, 0) is 9.53 Å². The van der Waals surface area contributed by atoms with Crippen LogP contribution < -0.4 is 0 Å². The normalized spacial score (nSPS) is 15.9. The molecule has 19 heavy (non-hydrogen) atoms. The van der Waals surface area contributed by atoms with E-state index in [9.17, 15) is 9.90 Å². The van der Waals surface area contributed by atoms with Crippen molar-refractivity contribution >= 4 is 5.97 Å². The third kappa shape index (κ3) is 4.06. The molecule has 0 aliphatic rings. The van der Waals surface area contributed by atoms with E-state index in [0.29, 0.717) is 6.61 Å². The minimum atomic E-state index is -0.735. The van der Waals surface area contributed by atoms with Gasteiger partial charge in [-0.25, -0.2) is 0 Å². The lowest BCUT2D eigenvalue weighted by Gasteiger charge is -2.29. The topological polar surface area (TPSA) is 46.5 Å². The average molecular weight is 264 g/mol. The second-order valence-corrected chi connectivity index (χ2v) is 5.21. The lowest BCUT2D eigenvalue weighted by Crippen LogP contribution is -2.37. The molecule has 0 heterocycles. The summed E-state index contributed by atoms with van der Waals surface area (Å²) in [6.07, 6.45) is -0.735. The van der Waals surface area contributed by atoms with E-state index in [0.717, 1.165) is 5.56 Å². The molecule has 1 aromatic rings. The number of aliphatic hydroxyl groups is 1. The molecule has 0 aliphatic carbocycles. The van der Waals surface area contributed by atoms with Gasteiger partial charge >= 0.3 is 5.97 Å². The van der Waals surface area contributed by atoms with Gasteiger partial charge in [0.05, 0.1) is 18.6 Å². The lowest BCUT2D eigenvalue weighted by atomic mass is 9.81. The number of hydrogen-bond donors (Lipinski definition) is 1. The minimum absolute atomic E-state index is 0.0419. The zero-order valence-electron chi connectivity index (χ0n) is 12.2. The van der Waals surface area contributed by atoms with Crippen molar-refractivity contribution < 1.29 is 14.6 Å². The number of aliphatic hydroxyl groups excluding tert-OH is 1. The maximum absolute atomic E-state index is 12.0. The highest BCUT2D eigenvalue weighted by atomic mass is 16.5. The highest BCUT2D eigenvalue weighted by molar-refractivity contribution is 5.73. The van der Waals surface area contributed by atoms with E-state index in [-0.39, 0.29) is 17.8 Å². The number of benzene rings is 1. The first kappa shape index (κ1) is 15.7. The first-order valence-electron chi connectivity index (χ1n) is 6.88. The van der Waals surface area contributed by atoms with E-state index in [1.165, 1.54) is 0 Å². The van der Waals surface area contributed by atoms with E-state index in [4.69, 9.17) is 4.74 Å². The first-order chi connectivity index (χ1) is 8.99. The van der Waals surface area contributed by atoms with Crippen molar-refractivity contribution in [1.29, 1.82) is 0 Å². The lowest BCUT2D eigenvalue weighted by molar-refractivity contribution is -0.154. The fourth-order valence-corrected chi connectivity index (χ4v) is 2.31. The zero-order valence-corrected chi connectivity index (χ0v) is 12.2. The number of rotatable bonds is 6. The molecule has 3 nitrogen and oxygen atoms in total. The smallest absolute Gasteiger partial charge is 0.311 e. The predicted octanol–water partition coefficient (Wildman–Crippen LogP) is 2.99. The van der Waals surface area contributed by atoms with E-state index >= 15 is 0 Å². The summed E-state index contributed by atoms with van der Waals surface area (Å²) in [4.78, 5) is 12.0. The number of carbonyl (C=O) groups is 1. The average Bonchev–Trinajstić information content (AvgIpc) is 2.38. The van der Waals surface area contributed by atoms with E-state index in [1.807, 2.05) is 51.1 Å². The Morgan fingerprint density at radius 2 is 1.79 bits per heavy atom. The molecule has 0 saturated heterocycles. The first-order valence-corrected chi connectivity index (χ1v) is 6.88. The molecule has 0 saturated carbocycles. The molecular weight excluding hydrogens is 240 g/mol. The standard InChI is InChI=1S/C16H24O3/c1-5-19-16(18)14(11(2)3)15(17)12(4)13-9-7-6-8-10-13/h6-12,14-15,17H,5H2,1-4H3. The second-order valence-electron chi connectivity index (χ2n) is 5.21. The molecule has 3 heteroatoms. The van der Waals surface area contributed by atoms with Crippen LogP contribution in [0.3, 0.4) is 0 Å². The Morgan fingerprint density at radius 3 is 2.26 bits per heavy atom. The predicted molar refractivity (Wildman–Crippen MR) is 75.8 cm³/mol. The molecule has 3 atom stereocenters. The van der Waals surface area contributed by atoms with Gasteiger partial charge in [-0.15, -0.1) is 0 Å². The van der Waals surface area contributed by atoms with Crippen LogP contribution in [0.2, 0.25) is 0 Å². The summed E-state index contributed by atoms with van der Waals surface area (Å²) in [6, 6.07) is 9.75. The second kappa shape index (κ2) is 7.29. The molecule has 0 amide bonds. The molecule has 0 aromatic heterocycles. The van der Waals surface area contributed by atoms with Gasteiger partial charge in [0.2, 0.25) is 0 Å². The largest absolute Gasteiger partial charge is 0.466 e. The van der Waals surface area contributed by atoms with Gasteiger partial charge in [0.15, 0.2) is 0 Å². The van der Waals surface area contributed by atoms with Crippen molar-refractivity contribution in [3.8, 4) is 0 Å². The van der Waals surface area contributed by atoms with E-state index in [1.54, 1.807) is 6.92 Å². The van der Waals surface area contributed by atoms with Gasteiger partial charge < -0.3 is 9.84 Å². The van der Waals surface area contributed by atoms with Crippen LogP contribution in [0.1, 0.15) is 39.2 Å². The van der Waals surface area contributed by atoms with Gasteiger partial charge in [-0.2, -0.15) is 0 Å². The van der Waals surface area contributed by atoms with Crippen molar-refractivity contribution in [1.82, 2.24) is 0 Å². The molecule has 1 aromatic carbocycles. The Hall–Kier alpha value is -1.35. The summed E-state index contributed by atoms with van der Waals surface area (Å²) in [6.45, 7) is 7.93. The summed E-state index contributed by atoms with van der Waals surface area (Å²) in [5.74, 6) is -0.860. The third-order valence-electron chi connectivity index (χ3n) is 3.48. The minimum Gasteiger partial charge on any atom is -0.466 e. The maximum Gasteiger partial charge on any atom is 0.311 e. The van der Waals surface area contributed by atoms with Gasteiger partial charge in [-0.3, -0.25) is 4.79 Å². The molecule has 0 fully saturated rings. The molecule has 106 valence electrons. The van der Waals surface area contributed by atoms with Crippen LogP contribution in [0.15, 0.2) is 30.3 Å². The van der Waals surface area contributed by atoms with Gasteiger partial charge in [-0.05, 0) is 18.4 Å². The SMILES string of the molecule is CCOC(=O)C(C(C)C)C(O)C(C)c1ccccc1. The fraction of sp³-hybridized carbons (Fsp3) is 0.562. The summed E-state index contributed by atoms with van der Waals surface area (Å²) < 4.78 is 5.07. The molecule has 1 rings (SSSR count). The highest BCUT2D eigenvalue weighted by Crippen LogP contribution is 2.29. The van der Waals surface area contributed by atoms with Crippen LogP contribution >= 0.6 is 0 Å². The maximum atomic E-state index is 12.0. The van der Waals surface area contributed by atoms with E-state index in [2.05, 4.69) is 0 Å². The molecular formula is C16H24O3. The summed E-state index contributed by atoms with van der Waals surface area (Å²) in [7, 11) is 0. The summed E-state index contributed by atoms with van der Waals surface area (Å²) in [5, 5.41) is 10.5. The number of esters is 1. The number of hydrogen-bond acceptors (Lipinski definition) is 3. The molecule has 3 unspecified atom stereocenters. The number of ether oxygens (including phenoxy) is 1. The van der Waals surface area contributed by atoms with Crippen LogP contribution in [0, 0.1) is 11.8 Å². The molecule has 1 N–H and O–H groups in total.